The summed E-state index contributed by atoms with van der Waals surface area (Å²) in [5, 5.41) is 0. The molecule has 1 amide bonds. The maximum absolute atomic E-state index is 12.4. The van der Waals surface area contributed by atoms with E-state index in [1.165, 1.54) is 0 Å². The molecule has 0 radical (unpaired) electrons. The summed E-state index contributed by atoms with van der Waals surface area (Å²) in [6.45, 7) is 5.70. The third-order valence-corrected chi connectivity index (χ3v) is 7.19. The molecule has 7 nitrogen and oxygen atoms in total. The number of amides is 1. The fraction of sp³-hybridized carbons (Fsp3) is 0.938. The van der Waals surface area contributed by atoms with Crippen molar-refractivity contribution in [3.8, 4) is 0 Å². The van der Waals surface area contributed by atoms with Crippen molar-refractivity contribution in [2.45, 2.75) is 32.1 Å². The van der Waals surface area contributed by atoms with Gasteiger partial charge in [0.2, 0.25) is 15.9 Å². The van der Waals surface area contributed by atoms with Crippen molar-refractivity contribution in [1.29, 1.82) is 0 Å². The largest absolute Gasteiger partial charge is 0.370 e. The molecule has 8 heteroatoms. The smallest absolute Gasteiger partial charge is 0.217 e. The van der Waals surface area contributed by atoms with Gasteiger partial charge in [-0.15, -0.1) is 0 Å². The zero-order chi connectivity index (χ0) is 17.6. The molecule has 0 spiro atoms. The first-order chi connectivity index (χ1) is 11.4. The van der Waals surface area contributed by atoms with Gasteiger partial charge in [0.15, 0.2) is 0 Å². The second-order valence-electron chi connectivity index (χ2n) is 7.16. The molecule has 2 rings (SSSR count). The molecule has 0 aromatic carbocycles. The van der Waals surface area contributed by atoms with Crippen molar-refractivity contribution < 1.29 is 13.2 Å². The molecule has 2 aliphatic heterocycles. The molecule has 0 saturated carbocycles. The third-order valence-electron chi connectivity index (χ3n) is 5.24. The van der Waals surface area contributed by atoms with Crippen molar-refractivity contribution in [2.75, 3.05) is 58.6 Å². The highest BCUT2D eigenvalue weighted by atomic mass is 32.2. The Balaban J connectivity index is 1.63. The minimum absolute atomic E-state index is 0.216. The second kappa shape index (κ2) is 9.12. The van der Waals surface area contributed by atoms with Gasteiger partial charge in [0, 0.05) is 32.6 Å². The highest BCUT2D eigenvalue weighted by Gasteiger charge is 2.26. The summed E-state index contributed by atoms with van der Waals surface area (Å²) >= 11 is 0. The minimum Gasteiger partial charge on any atom is -0.370 e. The van der Waals surface area contributed by atoms with Crippen molar-refractivity contribution in [3.63, 3.8) is 0 Å². The summed E-state index contributed by atoms with van der Waals surface area (Å²) in [5.41, 5.74) is 5.20. The summed E-state index contributed by atoms with van der Waals surface area (Å²) in [5.74, 6) is 0.618. The Morgan fingerprint density at radius 3 is 2.29 bits per heavy atom. The lowest BCUT2D eigenvalue weighted by molar-refractivity contribution is -0.118. The van der Waals surface area contributed by atoms with Crippen molar-refractivity contribution in [2.24, 2.45) is 11.7 Å². The van der Waals surface area contributed by atoms with Gasteiger partial charge in [-0.2, -0.15) is 4.31 Å². The van der Waals surface area contributed by atoms with E-state index in [9.17, 15) is 13.2 Å². The number of piperidine rings is 1. The van der Waals surface area contributed by atoms with Gasteiger partial charge in [-0.05, 0) is 58.3 Å². The zero-order valence-electron chi connectivity index (χ0n) is 14.8. The number of likely N-dealkylation sites (tertiary alicyclic amines) is 1. The van der Waals surface area contributed by atoms with E-state index in [0.29, 0.717) is 31.8 Å². The zero-order valence-corrected chi connectivity index (χ0v) is 15.6. The second-order valence-corrected chi connectivity index (χ2v) is 9.25. The summed E-state index contributed by atoms with van der Waals surface area (Å²) in [6.07, 6.45) is 4.23. The average Bonchev–Trinajstić information content (AvgIpc) is 2.54. The van der Waals surface area contributed by atoms with Gasteiger partial charge >= 0.3 is 0 Å². The summed E-state index contributed by atoms with van der Waals surface area (Å²) in [6, 6.07) is 0. The first-order valence-corrected chi connectivity index (χ1v) is 10.6. The molecule has 2 aliphatic rings. The first-order valence-electron chi connectivity index (χ1n) is 9.04. The Morgan fingerprint density at radius 1 is 1.08 bits per heavy atom. The van der Waals surface area contributed by atoms with Gasteiger partial charge in [-0.1, -0.05) is 0 Å². The number of sulfonamides is 1. The quantitative estimate of drug-likeness (QED) is 0.655. The molecular formula is C16H32N4O3S. The molecule has 0 bridgehead atoms. The number of primary amides is 1. The Labute approximate surface area is 146 Å². The topological polar surface area (TPSA) is 87.0 Å². The Kier molecular flexibility index (Phi) is 7.46. The van der Waals surface area contributed by atoms with Crippen molar-refractivity contribution >= 4 is 15.9 Å². The Hall–Kier alpha value is -0.700. The van der Waals surface area contributed by atoms with E-state index in [2.05, 4.69) is 9.80 Å². The molecule has 0 atom stereocenters. The standard InChI is InChI=1S/C16H32N4O3S/c1-18-10-12-20(13-11-18)24(22,23)14-2-7-19-8-5-15(6-9-19)3-4-16(17)21/h15H,2-14H2,1H3,(H2,17,21). The molecular weight excluding hydrogens is 328 g/mol. The van der Waals surface area contributed by atoms with Crippen LogP contribution in [0.1, 0.15) is 32.1 Å². The van der Waals surface area contributed by atoms with Crippen molar-refractivity contribution in [3.05, 3.63) is 0 Å². The van der Waals surface area contributed by atoms with E-state index in [1.807, 2.05) is 7.05 Å². The number of rotatable bonds is 8. The van der Waals surface area contributed by atoms with E-state index < -0.39 is 10.0 Å². The summed E-state index contributed by atoms with van der Waals surface area (Å²) in [4.78, 5) is 15.3. The lowest BCUT2D eigenvalue weighted by atomic mass is 9.92. The minimum atomic E-state index is -3.11. The molecule has 2 saturated heterocycles. The number of hydrogen-bond acceptors (Lipinski definition) is 5. The number of piperazine rings is 1. The molecule has 140 valence electrons. The number of carbonyl (C=O) groups excluding carboxylic acids is 1. The van der Waals surface area contributed by atoms with E-state index in [1.54, 1.807) is 4.31 Å². The van der Waals surface area contributed by atoms with Crippen LogP contribution in [0.25, 0.3) is 0 Å². The number of nitrogens with zero attached hydrogens (tertiary/aromatic N) is 3. The van der Waals surface area contributed by atoms with Gasteiger partial charge in [0.25, 0.3) is 0 Å². The monoisotopic (exact) mass is 360 g/mol. The molecule has 2 fully saturated rings. The molecule has 0 aromatic rings. The van der Waals surface area contributed by atoms with Crippen LogP contribution >= 0.6 is 0 Å². The molecule has 0 unspecified atom stereocenters. The van der Waals surface area contributed by atoms with Crippen molar-refractivity contribution in [1.82, 2.24) is 14.1 Å². The number of nitrogens with two attached hydrogens (primary N) is 1. The van der Waals surface area contributed by atoms with Crippen LogP contribution in [0, 0.1) is 5.92 Å². The van der Waals surface area contributed by atoms with Crippen LogP contribution in [-0.2, 0) is 14.8 Å². The molecule has 2 heterocycles. The van der Waals surface area contributed by atoms with Crippen LogP contribution in [0.4, 0.5) is 0 Å². The van der Waals surface area contributed by atoms with Crippen LogP contribution in [0.2, 0.25) is 0 Å². The summed E-state index contributed by atoms with van der Waals surface area (Å²) in [7, 11) is -1.08. The van der Waals surface area contributed by atoms with Crippen LogP contribution in [0.5, 0.6) is 0 Å². The predicted molar refractivity (Wildman–Crippen MR) is 95.1 cm³/mol. The SMILES string of the molecule is CN1CCN(S(=O)(=O)CCCN2CCC(CCC(N)=O)CC2)CC1. The number of likely N-dealkylation sites (N-methyl/N-ethyl adjacent to an activating group) is 1. The molecule has 0 aromatic heterocycles. The highest BCUT2D eigenvalue weighted by molar-refractivity contribution is 7.89. The van der Waals surface area contributed by atoms with Crippen LogP contribution in [-0.4, -0.2) is 87.0 Å². The van der Waals surface area contributed by atoms with E-state index >= 15 is 0 Å². The predicted octanol–water partition coefficient (Wildman–Crippen LogP) is -0.0688. The highest BCUT2D eigenvalue weighted by Crippen LogP contribution is 2.22. The van der Waals surface area contributed by atoms with Gasteiger partial charge in [0.1, 0.15) is 0 Å². The van der Waals surface area contributed by atoms with Crippen LogP contribution in [0.3, 0.4) is 0 Å². The van der Waals surface area contributed by atoms with Gasteiger partial charge < -0.3 is 15.5 Å². The molecule has 2 N–H and O–H groups in total. The maximum atomic E-state index is 12.4. The van der Waals surface area contributed by atoms with Gasteiger partial charge in [0.05, 0.1) is 5.75 Å². The first kappa shape index (κ1) is 19.6. The normalized spacial score (nSPS) is 22.7. The van der Waals surface area contributed by atoms with E-state index in [-0.39, 0.29) is 11.7 Å². The average molecular weight is 361 g/mol. The number of hydrogen-bond donors (Lipinski definition) is 1. The van der Waals surface area contributed by atoms with Crippen LogP contribution < -0.4 is 5.73 Å². The molecule has 0 aliphatic carbocycles. The third kappa shape index (κ3) is 6.31. The molecule has 24 heavy (non-hydrogen) atoms. The lowest BCUT2D eigenvalue weighted by Gasteiger charge is -2.33. The van der Waals surface area contributed by atoms with Gasteiger partial charge in [-0.25, -0.2) is 8.42 Å². The van der Waals surface area contributed by atoms with E-state index in [0.717, 1.165) is 52.0 Å². The Morgan fingerprint density at radius 2 is 1.71 bits per heavy atom. The van der Waals surface area contributed by atoms with Gasteiger partial charge in [-0.3, -0.25) is 4.79 Å². The van der Waals surface area contributed by atoms with E-state index in [4.69, 9.17) is 5.73 Å². The van der Waals surface area contributed by atoms with Crippen LogP contribution in [0.15, 0.2) is 0 Å². The maximum Gasteiger partial charge on any atom is 0.217 e. The fourth-order valence-electron chi connectivity index (χ4n) is 3.51. The fourth-order valence-corrected chi connectivity index (χ4v) is 4.98. The Bertz CT molecular complexity index is 495. The lowest BCUT2D eigenvalue weighted by Crippen LogP contribution is -2.48. The number of carbonyl (C=O) groups is 1. The summed E-state index contributed by atoms with van der Waals surface area (Å²) < 4.78 is 26.4.